The van der Waals surface area contributed by atoms with Gasteiger partial charge in [-0.3, -0.25) is 9.97 Å². The van der Waals surface area contributed by atoms with Gasteiger partial charge in [-0.25, -0.2) is 0 Å². The van der Waals surface area contributed by atoms with Crippen molar-refractivity contribution in [2.45, 2.75) is 6.92 Å². The number of aryl methyl sites for hydroxylation is 1. The third kappa shape index (κ3) is 2.41. The van der Waals surface area contributed by atoms with Crippen molar-refractivity contribution in [3.05, 3.63) is 60.0 Å². The highest BCUT2D eigenvalue weighted by Crippen LogP contribution is 2.30. The summed E-state index contributed by atoms with van der Waals surface area (Å²) in [4.78, 5) is 10.7. The zero-order valence-corrected chi connectivity index (χ0v) is 11.9. The highest BCUT2D eigenvalue weighted by molar-refractivity contribution is 5.94. The molecule has 0 radical (unpaired) electrons. The molecular formula is C17H14N4. The van der Waals surface area contributed by atoms with Crippen LogP contribution in [0.4, 0.5) is 11.4 Å². The molecule has 0 unspecified atom stereocenters. The average Bonchev–Trinajstić information content (AvgIpc) is 2.54. The maximum atomic E-state index is 9.08. The van der Waals surface area contributed by atoms with Crippen molar-refractivity contribution in [2.75, 3.05) is 11.9 Å². The molecule has 21 heavy (non-hydrogen) atoms. The first kappa shape index (κ1) is 13.1. The SMILES string of the molecule is Cc1ccc(N(C)c2ccnc3ccc(C#N)cc23)cn1. The Bertz CT molecular complexity index is 832. The molecule has 2 heterocycles. The van der Waals surface area contributed by atoms with Gasteiger partial charge in [-0.05, 0) is 43.3 Å². The number of rotatable bonds is 2. The molecule has 2 aromatic heterocycles. The van der Waals surface area contributed by atoms with Gasteiger partial charge >= 0.3 is 0 Å². The van der Waals surface area contributed by atoms with Crippen LogP contribution in [0.15, 0.2) is 48.8 Å². The fraction of sp³-hybridized carbons (Fsp3) is 0.118. The third-order valence-electron chi connectivity index (χ3n) is 3.49. The summed E-state index contributed by atoms with van der Waals surface area (Å²) in [5.41, 5.74) is 4.49. The van der Waals surface area contributed by atoms with E-state index in [-0.39, 0.29) is 0 Å². The van der Waals surface area contributed by atoms with Crippen LogP contribution < -0.4 is 4.90 Å². The van der Waals surface area contributed by atoms with Crippen molar-refractivity contribution in [3.8, 4) is 6.07 Å². The van der Waals surface area contributed by atoms with Crippen LogP contribution in [0.1, 0.15) is 11.3 Å². The van der Waals surface area contributed by atoms with Crippen LogP contribution >= 0.6 is 0 Å². The summed E-state index contributed by atoms with van der Waals surface area (Å²) in [6, 6.07) is 13.7. The molecular weight excluding hydrogens is 260 g/mol. The van der Waals surface area contributed by atoms with Crippen LogP contribution in [0.2, 0.25) is 0 Å². The number of pyridine rings is 2. The fourth-order valence-electron chi connectivity index (χ4n) is 2.29. The van der Waals surface area contributed by atoms with Gasteiger partial charge in [0.05, 0.1) is 34.7 Å². The first-order valence-electron chi connectivity index (χ1n) is 6.64. The molecule has 0 bridgehead atoms. The number of benzene rings is 1. The van der Waals surface area contributed by atoms with Gasteiger partial charge in [0.1, 0.15) is 0 Å². The lowest BCUT2D eigenvalue weighted by Gasteiger charge is -2.21. The zero-order chi connectivity index (χ0) is 14.8. The lowest BCUT2D eigenvalue weighted by atomic mass is 10.1. The normalized spacial score (nSPS) is 10.3. The number of aromatic nitrogens is 2. The molecule has 0 N–H and O–H groups in total. The molecule has 3 rings (SSSR count). The Labute approximate surface area is 123 Å². The van der Waals surface area contributed by atoms with Crippen molar-refractivity contribution in [2.24, 2.45) is 0 Å². The van der Waals surface area contributed by atoms with Gasteiger partial charge in [-0.1, -0.05) is 0 Å². The molecule has 0 saturated carbocycles. The Morgan fingerprint density at radius 1 is 1.10 bits per heavy atom. The number of nitriles is 1. The van der Waals surface area contributed by atoms with Crippen molar-refractivity contribution in [3.63, 3.8) is 0 Å². The summed E-state index contributed by atoms with van der Waals surface area (Å²) in [6.07, 6.45) is 3.62. The van der Waals surface area contributed by atoms with Gasteiger partial charge in [0.25, 0.3) is 0 Å². The Balaban J connectivity index is 2.15. The molecule has 1 aromatic carbocycles. The van der Waals surface area contributed by atoms with Crippen molar-refractivity contribution in [1.29, 1.82) is 5.26 Å². The second-order valence-electron chi connectivity index (χ2n) is 4.89. The Hall–Kier alpha value is -2.93. The van der Waals surface area contributed by atoms with E-state index in [2.05, 4.69) is 20.9 Å². The molecule has 0 atom stereocenters. The fourth-order valence-corrected chi connectivity index (χ4v) is 2.29. The average molecular weight is 274 g/mol. The monoisotopic (exact) mass is 274 g/mol. The molecule has 3 aromatic rings. The van der Waals surface area contributed by atoms with E-state index in [1.807, 2.05) is 50.5 Å². The number of hydrogen-bond donors (Lipinski definition) is 0. The molecule has 0 saturated heterocycles. The van der Waals surface area contributed by atoms with Gasteiger partial charge in [0.15, 0.2) is 0 Å². The lowest BCUT2D eigenvalue weighted by Crippen LogP contribution is -2.10. The Morgan fingerprint density at radius 2 is 1.95 bits per heavy atom. The molecule has 0 aliphatic carbocycles. The predicted octanol–water partition coefficient (Wildman–Crippen LogP) is 3.58. The number of hydrogen-bond acceptors (Lipinski definition) is 4. The Kier molecular flexibility index (Phi) is 3.25. The van der Waals surface area contributed by atoms with Crippen molar-refractivity contribution in [1.82, 2.24) is 9.97 Å². The summed E-state index contributed by atoms with van der Waals surface area (Å²) < 4.78 is 0. The second-order valence-corrected chi connectivity index (χ2v) is 4.89. The minimum absolute atomic E-state index is 0.632. The number of fused-ring (bicyclic) bond motifs is 1. The van der Waals surface area contributed by atoms with Crippen LogP contribution in [0.5, 0.6) is 0 Å². The van der Waals surface area contributed by atoms with Crippen molar-refractivity contribution < 1.29 is 0 Å². The van der Waals surface area contributed by atoms with E-state index in [1.54, 1.807) is 12.3 Å². The van der Waals surface area contributed by atoms with E-state index in [0.717, 1.165) is 28.0 Å². The van der Waals surface area contributed by atoms with Crippen LogP contribution in [0.25, 0.3) is 10.9 Å². The molecule has 0 aliphatic rings. The molecule has 4 heteroatoms. The summed E-state index contributed by atoms with van der Waals surface area (Å²) in [7, 11) is 1.99. The van der Waals surface area contributed by atoms with E-state index in [9.17, 15) is 0 Å². The van der Waals surface area contributed by atoms with Crippen LogP contribution in [0.3, 0.4) is 0 Å². The van der Waals surface area contributed by atoms with E-state index in [4.69, 9.17) is 5.26 Å². The summed E-state index contributed by atoms with van der Waals surface area (Å²) in [5.74, 6) is 0. The molecule has 0 spiro atoms. The molecule has 0 amide bonds. The largest absolute Gasteiger partial charge is 0.343 e. The molecule has 0 fully saturated rings. The smallest absolute Gasteiger partial charge is 0.0991 e. The molecule has 4 nitrogen and oxygen atoms in total. The van der Waals surface area contributed by atoms with Gasteiger partial charge in [0.2, 0.25) is 0 Å². The first-order valence-corrected chi connectivity index (χ1v) is 6.64. The maximum absolute atomic E-state index is 9.08. The van der Waals surface area contributed by atoms with E-state index in [1.165, 1.54) is 0 Å². The Morgan fingerprint density at radius 3 is 2.67 bits per heavy atom. The first-order chi connectivity index (χ1) is 10.2. The maximum Gasteiger partial charge on any atom is 0.0991 e. The van der Waals surface area contributed by atoms with Crippen LogP contribution in [-0.4, -0.2) is 17.0 Å². The van der Waals surface area contributed by atoms with Gasteiger partial charge < -0.3 is 4.90 Å². The second kappa shape index (κ2) is 5.22. The zero-order valence-electron chi connectivity index (χ0n) is 11.9. The minimum Gasteiger partial charge on any atom is -0.343 e. The lowest BCUT2D eigenvalue weighted by molar-refractivity contribution is 1.14. The quantitative estimate of drug-likeness (QED) is 0.716. The van der Waals surface area contributed by atoms with Gasteiger partial charge in [0, 0.05) is 24.3 Å². The van der Waals surface area contributed by atoms with E-state index < -0.39 is 0 Å². The number of nitrogens with zero attached hydrogens (tertiary/aromatic N) is 4. The minimum atomic E-state index is 0.632. The summed E-state index contributed by atoms with van der Waals surface area (Å²) in [5, 5.41) is 10.0. The number of anilines is 2. The highest BCUT2D eigenvalue weighted by atomic mass is 15.1. The molecule has 0 aliphatic heterocycles. The van der Waals surface area contributed by atoms with E-state index >= 15 is 0 Å². The predicted molar refractivity (Wildman–Crippen MR) is 83.5 cm³/mol. The van der Waals surface area contributed by atoms with Gasteiger partial charge in [-0.2, -0.15) is 5.26 Å². The summed E-state index contributed by atoms with van der Waals surface area (Å²) >= 11 is 0. The van der Waals surface area contributed by atoms with Crippen LogP contribution in [-0.2, 0) is 0 Å². The topological polar surface area (TPSA) is 52.8 Å². The van der Waals surface area contributed by atoms with Crippen molar-refractivity contribution >= 4 is 22.3 Å². The highest BCUT2D eigenvalue weighted by Gasteiger charge is 2.09. The van der Waals surface area contributed by atoms with E-state index in [0.29, 0.717) is 5.56 Å². The van der Waals surface area contributed by atoms with Crippen LogP contribution in [0, 0.1) is 18.3 Å². The summed E-state index contributed by atoms with van der Waals surface area (Å²) in [6.45, 7) is 1.96. The van der Waals surface area contributed by atoms with Gasteiger partial charge in [-0.15, -0.1) is 0 Å². The standard InChI is InChI=1S/C17H14N4/c1-12-3-5-14(11-20-12)21(2)17-7-8-19-16-6-4-13(10-18)9-15(16)17/h3-9,11H,1-2H3. The third-order valence-corrected chi connectivity index (χ3v) is 3.49. The molecule has 102 valence electrons.